The van der Waals surface area contributed by atoms with Crippen molar-refractivity contribution < 1.29 is 22.8 Å². The molecule has 1 unspecified atom stereocenters. The second-order valence-corrected chi connectivity index (χ2v) is 9.50. The summed E-state index contributed by atoms with van der Waals surface area (Å²) in [6.45, 7) is 0.956. The van der Waals surface area contributed by atoms with E-state index in [0.29, 0.717) is 36.8 Å². The molecule has 10 nitrogen and oxygen atoms in total. The fourth-order valence-electron chi connectivity index (χ4n) is 3.08. The van der Waals surface area contributed by atoms with Gasteiger partial charge in [0, 0.05) is 18.5 Å². The zero-order valence-corrected chi connectivity index (χ0v) is 18.2. The molecule has 1 aromatic carbocycles. The number of hydrogen-bond donors (Lipinski definition) is 4. The van der Waals surface area contributed by atoms with Crippen LogP contribution in [0.1, 0.15) is 24.1 Å². The van der Waals surface area contributed by atoms with Crippen molar-refractivity contribution in [3.05, 3.63) is 40.9 Å². The number of nitrogens with one attached hydrogen (secondary N) is 3. The van der Waals surface area contributed by atoms with Crippen LogP contribution in [0.25, 0.3) is 0 Å². The molecule has 5 N–H and O–H groups in total. The van der Waals surface area contributed by atoms with Gasteiger partial charge in [0.05, 0.1) is 17.0 Å². The van der Waals surface area contributed by atoms with E-state index in [1.54, 1.807) is 17.5 Å². The molecule has 1 aliphatic rings. The van der Waals surface area contributed by atoms with Gasteiger partial charge in [-0.3, -0.25) is 14.4 Å². The van der Waals surface area contributed by atoms with Gasteiger partial charge in [-0.2, -0.15) is 0 Å². The maximum Gasteiger partial charge on any atom is 0.238 e. The molecule has 3 rings (SSSR count). The Morgan fingerprint density at radius 1 is 1.26 bits per heavy atom. The zero-order chi connectivity index (χ0) is 22.4. The van der Waals surface area contributed by atoms with Crippen molar-refractivity contribution in [1.29, 1.82) is 0 Å². The van der Waals surface area contributed by atoms with Crippen LogP contribution >= 0.6 is 11.3 Å². The third-order valence-corrected chi connectivity index (χ3v) is 6.45. The van der Waals surface area contributed by atoms with Crippen molar-refractivity contribution in [2.24, 2.45) is 11.1 Å². The Kier molecular flexibility index (Phi) is 7.36. The van der Waals surface area contributed by atoms with Gasteiger partial charge in [0.1, 0.15) is 5.92 Å². The van der Waals surface area contributed by atoms with Crippen LogP contribution in [0.4, 0.5) is 5.13 Å². The molecule has 1 aromatic heterocycles. The summed E-state index contributed by atoms with van der Waals surface area (Å²) < 4.78 is 22.5. The van der Waals surface area contributed by atoms with E-state index in [9.17, 15) is 22.8 Å². The van der Waals surface area contributed by atoms with Crippen LogP contribution < -0.4 is 21.1 Å². The van der Waals surface area contributed by atoms with E-state index in [2.05, 4.69) is 20.9 Å². The van der Waals surface area contributed by atoms with Gasteiger partial charge in [-0.25, -0.2) is 18.5 Å². The summed E-state index contributed by atoms with van der Waals surface area (Å²) in [6.07, 6.45) is 1.84. The summed E-state index contributed by atoms with van der Waals surface area (Å²) in [4.78, 5) is 40.4. The minimum absolute atomic E-state index is 0.0378. The van der Waals surface area contributed by atoms with Crippen LogP contribution in [0.2, 0.25) is 0 Å². The number of amides is 3. The first kappa shape index (κ1) is 22.8. The Morgan fingerprint density at radius 2 is 2.00 bits per heavy atom. The third kappa shape index (κ3) is 6.57. The quantitative estimate of drug-likeness (QED) is 0.406. The van der Waals surface area contributed by atoms with Crippen molar-refractivity contribution >= 4 is 44.2 Å². The van der Waals surface area contributed by atoms with Gasteiger partial charge >= 0.3 is 0 Å². The van der Waals surface area contributed by atoms with Crippen LogP contribution in [0, 0.1) is 5.92 Å². The number of hydrogen-bond acceptors (Lipinski definition) is 7. The number of rotatable bonds is 8. The molecule has 12 heteroatoms. The van der Waals surface area contributed by atoms with E-state index < -0.39 is 21.8 Å². The summed E-state index contributed by atoms with van der Waals surface area (Å²) in [5, 5.41) is 15.2. The number of piperidine rings is 1. The van der Waals surface area contributed by atoms with Crippen LogP contribution in [-0.4, -0.2) is 44.2 Å². The number of nitrogens with two attached hydrogens (primary N) is 1. The molecule has 2 heterocycles. The molecule has 1 aliphatic heterocycles. The number of anilines is 1. The maximum atomic E-state index is 12.2. The van der Waals surface area contributed by atoms with Crippen LogP contribution in [-0.2, 0) is 37.2 Å². The van der Waals surface area contributed by atoms with E-state index in [4.69, 9.17) is 5.14 Å². The molecule has 31 heavy (non-hydrogen) atoms. The highest BCUT2D eigenvalue weighted by Crippen LogP contribution is 2.19. The first-order valence-electron chi connectivity index (χ1n) is 9.64. The highest BCUT2D eigenvalue weighted by molar-refractivity contribution is 7.89. The van der Waals surface area contributed by atoms with Gasteiger partial charge < -0.3 is 16.0 Å². The fraction of sp³-hybridized carbons (Fsp3) is 0.368. The van der Waals surface area contributed by atoms with E-state index in [1.807, 2.05) is 0 Å². The molecule has 0 saturated carbocycles. The molecule has 1 saturated heterocycles. The normalized spacial score (nSPS) is 16.4. The molecule has 166 valence electrons. The number of nitrogens with zero attached hydrogens (tertiary/aromatic N) is 1. The topological polar surface area (TPSA) is 160 Å². The lowest BCUT2D eigenvalue weighted by molar-refractivity contribution is -0.134. The average Bonchev–Trinajstić information content (AvgIpc) is 3.14. The maximum absolute atomic E-state index is 12.2. The molecule has 0 bridgehead atoms. The van der Waals surface area contributed by atoms with Crippen molar-refractivity contribution in [2.45, 2.75) is 30.6 Å². The largest absolute Gasteiger partial charge is 0.355 e. The Hall–Kier alpha value is -2.83. The standard InChI is InChI=1S/C19H23N5O5S2/c20-31(28,29)14-5-3-12(4-6-14)7-9-21-16(25)10-13-11-30-19(23-13)24-18(27)15-2-1-8-22-17(15)26/h3-6,11,15H,1-2,7-10H2,(H,21,25)(H,22,26)(H2,20,28,29)(H,23,24,27). The van der Waals surface area contributed by atoms with Gasteiger partial charge in [-0.1, -0.05) is 12.1 Å². The van der Waals surface area contributed by atoms with E-state index in [0.717, 1.165) is 12.0 Å². The summed E-state index contributed by atoms with van der Waals surface area (Å²) >= 11 is 1.19. The molecular formula is C19H23N5O5S2. The Labute approximate surface area is 183 Å². The smallest absolute Gasteiger partial charge is 0.238 e. The molecule has 2 aromatic rings. The van der Waals surface area contributed by atoms with Crippen molar-refractivity contribution in [3.63, 3.8) is 0 Å². The fourth-order valence-corrected chi connectivity index (χ4v) is 4.31. The lowest BCUT2D eigenvalue weighted by Crippen LogP contribution is -2.42. The lowest BCUT2D eigenvalue weighted by Gasteiger charge is -2.20. The second-order valence-electron chi connectivity index (χ2n) is 7.08. The highest BCUT2D eigenvalue weighted by atomic mass is 32.2. The molecule has 0 aliphatic carbocycles. The number of aromatic nitrogens is 1. The Morgan fingerprint density at radius 3 is 2.68 bits per heavy atom. The number of thiazole rings is 1. The second kappa shape index (κ2) is 9.98. The molecule has 1 atom stereocenters. The Bertz CT molecular complexity index is 1070. The van der Waals surface area contributed by atoms with Gasteiger partial charge in [0.2, 0.25) is 27.7 Å². The van der Waals surface area contributed by atoms with Crippen LogP contribution in [0.5, 0.6) is 0 Å². The van der Waals surface area contributed by atoms with Gasteiger partial charge in [0.15, 0.2) is 5.13 Å². The van der Waals surface area contributed by atoms with Crippen LogP contribution in [0.15, 0.2) is 34.5 Å². The third-order valence-electron chi connectivity index (χ3n) is 4.71. The zero-order valence-electron chi connectivity index (χ0n) is 16.6. The molecular weight excluding hydrogens is 442 g/mol. The predicted octanol–water partition coefficient (Wildman–Crippen LogP) is 0.157. The SMILES string of the molecule is NS(=O)(=O)c1ccc(CCNC(=O)Cc2csc(NC(=O)C3CCCNC3=O)n2)cc1. The summed E-state index contributed by atoms with van der Waals surface area (Å²) in [5.74, 6) is -1.62. The van der Waals surface area contributed by atoms with Gasteiger partial charge in [-0.15, -0.1) is 11.3 Å². The first-order chi connectivity index (χ1) is 14.7. The summed E-state index contributed by atoms with van der Waals surface area (Å²) in [6, 6.07) is 6.14. The number of sulfonamides is 1. The van der Waals surface area contributed by atoms with Gasteiger partial charge in [0.25, 0.3) is 0 Å². The van der Waals surface area contributed by atoms with Gasteiger partial charge in [-0.05, 0) is 37.0 Å². The van der Waals surface area contributed by atoms with E-state index >= 15 is 0 Å². The first-order valence-corrected chi connectivity index (χ1v) is 12.1. The van der Waals surface area contributed by atoms with Crippen molar-refractivity contribution in [3.8, 4) is 0 Å². The molecule has 3 amide bonds. The van der Waals surface area contributed by atoms with E-state index in [1.165, 1.54) is 23.5 Å². The number of carbonyl (C=O) groups is 3. The molecule has 0 spiro atoms. The van der Waals surface area contributed by atoms with Crippen molar-refractivity contribution in [2.75, 3.05) is 18.4 Å². The highest BCUT2D eigenvalue weighted by Gasteiger charge is 2.29. The minimum atomic E-state index is -3.72. The predicted molar refractivity (Wildman–Crippen MR) is 115 cm³/mol. The lowest BCUT2D eigenvalue weighted by atomic mass is 9.98. The van der Waals surface area contributed by atoms with Crippen LogP contribution in [0.3, 0.4) is 0 Å². The minimum Gasteiger partial charge on any atom is -0.355 e. The number of primary sulfonamides is 1. The molecule has 1 fully saturated rings. The summed E-state index contributed by atoms with van der Waals surface area (Å²) in [5.41, 5.74) is 1.38. The average molecular weight is 466 g/mol. The van der Waals surface area contributed by atoms with Crippen molar-refractivity contribution in [1.82, 2.24) is 15.6 Å². The number of carbonyl (C=O) groups excluding carboxylic acids is 3. The van der Waals surface area contributed by atoms with E-state index in [-0.39, 0.29) is 23.1 Å². The summed E-state index contributed by atoms with van der Waals surface area (Å²) in [7, 11) is -3.72. The molecule has 0 radical (unpaired) electrons. The Balaban J connectivity index is 1.43. The monoisotopic (exact) mass is 465 g/mol. The number of benzene rings is 1.